The van der Waals surface area contributed by atoms with Crippen LogP contribution in [-0.2, 0) is 24.7 Å². The molecule has 2 aromatic rings. The summed E-state index contributed by atoms with van der Waals surface area (Å²) in [7, 11) is 0. The van der Waals surface area contributed by atoms with Gasteiger partial charge in [0.1, 0.15) is 11.6 Å². The van der Waals surface area contributed by atoms with E-state index < -0.39 is 17.6 Å². The van der Waals surface area contributed by atoms with Gasteiger partial charge in [0.2, 0.25) is 11.8 Å². The first-order valence-corrected chi connectivity index (χ1v) is 8.91. The van der Waals surface area contributed by atoms with Crippen molar-refractivity contribution in [2.45, 2.75) is 37.3 Å². The Morgan fingerprint density at radius 3 is 2.67 bits per heavy atom. The first-order valence-electron chi connectivity index (χ1n) is 8.91. The van der Waals surface area contributed by atoms with E-state index in [9.17, 15) is 19.2 Å². The SMILES string of the molecule is O=COC1(c2ccc3c4c(cccc24)C(=O)N3C2CCC(=O)NC2=O)CC1. The van der Waals surface area contributed by atoms with E-state index in [1.165, 1.54) is 4.90 Å². The predicted molar refractivity (Wildman–Crippen MR) is 95.0 cm³/mol. The largest absolute Gasteiger partial charge is 0.456 e. The van der Waals surface area contributed by atoms with Crippen LogP contribution in [0.5, 0.6) is 0 Å². The number of carbonyl (C=O) groups is 4. The maximum absolute atomic E-state index is 13.1. The molecule has 1 atom stereocenters. The minimum absolute atomic E-state index is 0.202. The number of nitrogens with zero attached hydrogens (tertiary/aromatic N) is 1. The zero-order valence-corrected chi connectivity index (χ0v) is 14.4. The van der Waals surface area contributed by atoms with Crippen LogP contribution in [0.4, 0.5) is 5.69 Å². The van der Waals surface area contributed by atoms with E-state index in [1.807, 2.05) is 18.2 Å². The summed E-state index contributed by atoms with van der Waals surface area (Å²) in [6, 6.07) is 8.42. The summed E-state index contributed by atoms with van der Waals surface area (Å²) in [5, 5.41) is 3.94. The normalized spacial score (nSPS) is 22.7. The van der Waals surface area contributed by atoms with Gasteiger partial charge in [0, 0.05) is 22.9 Å². The highest BCUT2D eigenvalue weighted by atomic mass is 16.5. The van der Waals surface area contributed by atoms with Crippen LogP contribution < -0.4 is 10.2 Å². The van der Waals surface area contributed by atoms with E-state index in [0.29, 0.717) is 24.1 Å². The van der Waals surface area contributed by atoms with Crippen molar-refractivity contribution in [3.8, 4) is 0 Å². The minimum atomic E-state index is -0.710. The van der Waals surface area contributed by atoms with Gasteiger partial charge in [0.05, 0.1) is 5.69 Å². The van der Waals surface area contributed by atoms with Crippen molar-refractivity contribution in [2.24, 2.45) is 0 Å². The van der Waals surface area contributed by atoms with Crippen molar-refractivity contribution in [2.75, 3.05) is 4.90 Å². The van der Waals surface area contributed by atoms with Crippen molar-refractivity contribution in [1.82, 2.24) is 5.32 Å². The topological polar surface area (TPSA) is 92.8 Å². The third-order valence-electron chi connectivity index (χ3n) is 5.72. The first kappa shape index (κ1) is 16.0. The quantitative estimate of drug-likeness (QED) is 0.659. The molecule has 3 aliphatic rings. The fourth-order valence-corrected chi connectivity index (χ4v) is 4.30. The number of nitrogens with one attached hydrogen (secondary N) is 1. The van der Waals surface area contributed by atoms with Crippen LogP contribution >= 0.6 is 0 Å². The first-order chi connectivity index (χ1) is 13.1. The standard InChI is InChI=1S/C20H16N2O5/c23-10-27-20(8-9-20)13-4-5-14-17-11(13)2-1-3-12(17)19(26)22(14)15-6-7-16(24)21-18(15)25/h1-5,10,15H,6-9H2,(H,21,24,25). The van der Waals surface area contributed by atoms with E-state index in [1.54, 1.807) is 12.1 Å². The average molecular weight is 364 g/mol. The lowest BCUT2D eigenvalue weighted by molar-refractivity contribution is -0.136. The number of hydrogen-bond acceptors (Lipinski definition) is 5. The predicted octanol–water partition coefficient (Wildman–Crippen LogP) is 1.77. The summed E-state index contributed by atoms with van der Waals surface area (Å²) in [4.78, 5) is 49.3. The van der Waals surface area contributed by atoms with Gasteiger partial charge < -0.3 is 4.74 Å². The van der Waals surface area contributed by atoms with Gasteiger partial charge in [-0.2, -0.15) is 0 Å². The van der Waals surface area contributed by atoms with Crippen LogP contribution in [0.25, 0.3) is 10.8 Å². The van der Waals surface area contributed by atoms with E-state index in [0.717, 1.165) is 29.2 Å². The second-order valence-electron chi connectivity index (χ2n) is 7.21. The minimum Gasteiger partial charge on any atom is -0.456 e. The Morgan fingerprint density at radius 1 is 1.15 bits per heavy atom. The van der Waals surface area contributed by atoms with Crippen LogP contribution in [0.3, 0.4) is 0 Å². The monoisotopic (exact) mass is 364 g/mol. The Kier molecular flexibility index (Phi) is 3.19. The lowest BCUT2D eigenvalue weighted by Gasteiger charge is -2.30. The zero-order valence-electron chi connectivity index (χ0n) is 14.4. The number of amides is 3. The summed E-state index contributed by atoms with van der Waals surface area (Å²) in [6.07, 6.45) is 1.99. The summed E-state index contributed by atoms with van der Waals surface area (Å²) >= 11 is 0. The number of hydrogen-bond donors (Lipinski definition) is 1. The molecule has 136 valence electrons. The maximum Gasteiger partial charge on any atom is 0.293 e. The Morgan fingerprint density at radius 2 is 1.96 bits per heavy atom. The summed E-state index contributed by atoms with van der Waals surface area (Å²) in [6.45, 7) is 0.469. The van der Waals surface area contributed by atoms with Crippen LogP contribution in [0.2, 0.25) is 0 Å². The van der Waals surface area contributed by atoms with Gasteiger partial charge in [-0.1, -0.05) is 18.2 Å². The maximum atomic E-state index is 13.1. The van der Waals surface area contributed by atoms with Crippen molar-refractivity contribution < 1.29 is 23.9 Å². The molecule has 7 nitrogen and oxygen atoms in total. The fraction of sp³-hybridized carbons (Fsp3) is 0.300. The van der Waals surface area contributed by atoms with E-state index in [2.05, 4.69) is 5.32 Å². The molecule has 2 aliphatic heterocycles. The Labute approximate surface area is 154 Å². The number of carbonyl (C=O) groups excluding carboxylic acids is 4. The molecule has 5 rings (SSSR count). The van der Waals surface area contributed by atoms with E-state index >= 15 is 0 Å². The summed E-state index contributed by atoms with van der Waals surface area (Å²) < 4.78 is 5.35. The molecule has 1 saturated heterocycles. The van der Waals surface area contributed by atoms with Gasteiger partial charge in [0.15, 0.2) is 0 Å². The highest BCUT2D eigenvalue weighted by Crippen LogP contribution is 2.53. The molecule has 1 unspecified atom stereocenters. The number of anilines is 1. The van der Waals surface area contributed by atoms with Crippen molar-refractivity contribution in [3.05, 3.63) is 41.5 Å². The molecule has 7 heteroatoms. The molecule has 1 saturated carbocycles. The van der Waals surface area contributed by atoms with Gasteiger partial charge in [0.25, 0.3) is 12.4 Å². The molecule has 3 amide bonds. The molecule has 2 heterocycles. The van der Waals surface area contributed by atoms with Gasteiger partial charge in [-0.3, -0.25) is 29.4 Å². The number of imide groups is 1. The summed E-state index contributed by atoms with van der Waals surface area (Å²) in [5.74, 6) is -1.02. The third-order valence-corrected chi connectivity index (χ3v) is 5.72. The smallest absolute Gasteiger partial charge is 0.293 e. The van der Waals surface area contributed by atoms with Crippen LogP contribution in [0.1, 0.15) is 41.6 Å². The number of rotatable bonds is 4. The summed E-state index contributed by atoms with van der Waals surface area (Å²) in [5.41, 5.74) is 1.44. The molecule has 27 heavy (non-hydrogen) atoms. The lowest BCUT2D eigenvalue weighted by Crippen LogP contribution is -2.53. The molecule has 0 radical (unpaired) electrons. The van der Waals surface area contributed by atoms with Crippen LogP contribution in [-0.4, -0.2) is 30.2 Å². The molecule has 0 aromatic heterocycles. The Hall–Kier alpha value is -3.22. The van der Waals surface area contributed by atoms with Gasteiger partial charge in [-0.25, -0.2) is 0 Å². The van der Waals surface area contributed by atoms with Crippen molar-refractivity contribution in [1.29, 1.82) is 0 Å². The highest BCUT2D eigenvalue weighted by Gasteiger charge is 2.49. The highest BCUT2D eigenvalue weighted by molar-refractivity contribution is 6.27. The molecular formula is C20H16N2O5. The van der Waals surface area contributed by atoms with E-state index in [4.69, 9.17) is 4.74 Å². The van der Waals surface area contributed by atoms with Crippen LogP contribution in [0, 0.1) is 0 Å². The molecule has 0 bridgehead atoms. The lowest BCUT2D eigenvalue weighted by atomic mass is 9.96. The number of piperidine rings is 1. The zero-order chi connectivity index (χ0) is 18.8. The Bertz CT molecular complexity index is 1040. The van der Waals surface area contributed by atoms with Crippen molar-refractivity contribution in [3.63, 3.8) is 0 Å². The second kappa shape index (κ2) is 5.39. The number of benzene rings is 2. The van der Waals surface area contributed by atoms with Gasteiger partial charge in [-0.15, -0.1) is 0 Å². The molecule has 0 spiro atoms. The number of ether oxygens (including phenoxy) is 1. The molecular weight excluding hydrogens is 348 g/mol. The fourth-order valence-electron chi connectivity index (χ4n) is 4.30. The molecule has 2 fully saturated rings. The molecule has 2 aromatic carbocycles. The molecule has 1 aliphatic carbocycles. The Balaban J connectivity index is 1.66. The van der Waals surface area contributed by atoms with Crippen molar-refractivity contribution >= 4 is 40.7 Å². The van der Waals surface area contributed by atoms with Crippen LogP contribution in [0.15, 0.2) is 30.3 Å². The second-order valence-corrected chi connectivity index (χ2v) is 7.21. The van der Waals surface area contributed by atoms with E-state index in [-0.39, 0.29) is 18.2 Å². The van der Waals surface area contributed by atoms with Gasteiger partial charge in [-0.05, 0) is 36.8 Å². The molecule has 1 N–H and O–H groups in total. The average Bonchev–Trinajstić information content (AvgIpc) is 3.37. The van der Waals surface area contributed by atoms with Gasteiger partial charge >= 0.3 is 0 Å². The third kappa shape index (κ3) is 2.14.